The summed E-state index contributed by atoms with van der Waals surface area (Å²) < 4.78 is 36.6. The van der Waals surface area contributed by atoms with E-state index in [0.717, 1.165) is 5.56 Å². The van der Waals surface area contributed by atoms with Crippen LogP contribution in [0, 0.1) is 5.92 Å². The Morgan fingerprint density at radius 3 is 2.19 bits per heavy atom. The van der Waals surface area contributed by atoms with Crippen LogP contribution in [0.25, 0.3) is 0 Å². The third-order valence-electron chi connectivity index (χ3n) is 2.99. The van der Waals surface area contributed by atoms with Crippen molar-refractivity contribution < 1.29 is 42.8 Å². The molecule has 0 aliphatic carbocycles. The Balaban J connectivity index is 0. The van der Waals surface area contributed by atoms with Gasteiger partial charge >= 0.3 is 24.8 Å². The number of carbonyl (C=O) groups is 1. The minimum Gasteiger partial charge on any atom is -1.00 e. The first-order valence-corrected chi connectivity index (χ1v) is 7.88. The molecule has 21 heavy (non-hydrogen) atoms. The summed E-state index contributed by atoms with van der Waals surface area (Å²) in [6.07, 6.45) is 0.607. The third kappa shape index (κ3) is 6.66. The largest absolute Gasteiger partial charge is 1.00 e. The van der Waals surface area contributed by atoms with E-state index in [2.05, 4.69) is 4.74 Å². The topological polar surface area (TPSA) is 80.7 Å². The predicted octanol–water partition coefficient (Wildman–Crippen LogP) is -0.565. The second-order valence-corrected chi connectivity index (χ2v) is 6.86. The van der Waals surface area contributed by atoms with Crippen molar-refractivity contribution in [2.75, 3.05) is 7.11 Å². The summed E-state index contributed by atoms with van der Waals surface area (Å²) in [7, 11) is -2.78. The number of esters is 1. The van der Waals surface area contributed by atoms with E-state index in [0.29, 0.717) is 12.0 Å². The van der Waals surface area contributed by atoms with Crippen molar-refractivity contribution >= 4 is 16.1 Å². The average Bonchev–Trinajstić information content (AvgIpc) is 2.36. The fourth-order valence-electron chi connectivity index (χ4n) is 1.99. The summed E-state index contributed by atoms with van der Waals surface area (Å²) in [4.78, 5) is 11.3. The van der Waals surface area contributed by atoms with Crippen molar-refractivity contribution in [3.63, 3.8) is 0 Å². The Morgan fingerprint density at radius 2 is 1.81 bits per heavy atom. The van der Waals surface area contributed by atoms with Crippen LogP contribution in [-0.2, 0) is 21.3 Å². The van der Waals surface area contributed by atoms with Gasteiger partial charge in [0.2, 0.25) is 0 Å². The molecule has 1 N–H and O–H groups in total. The Bertz CT molecular complexity index is 557. The maximum absolute atomic E-state index is 11.4. The molecule has 0 aliphatic heterocycles. The van der Waals surface area contributed by atoms with E-state index in [1.807, 2.05) is 13.8 Å². The molecule has 0 aliphatic rings. The van der Waals surface area contributed by atoms with Gasteiger partial charge in [0, 0.05) is 0 Å². The van der Waals surface area contributed by atoms with E-state index in [-0.39, 0.29) is 32.6 Å². The molecule has 5 nitrogen and oxygen atoms in total. The molecule has 0 saturated carbocycles. The zero-order chi connectivity index (χ0) is 15.3. The molecule has 1 unspecified atom stereocenters. The minimum atomic E-state index is -4.08. The molecular weight excluding hydrogens is 287 g/mol. The molecule has 0 bridgehead atoms. The maximum Gasteiger partial charge on any atom is 1.00 e. The van der Waals surface area contributed by atoms with Crippen LogP contribution in [0.1, 0.15) is 37.6 Å². The smallest absolute Gasteiger partial charge is 1.00 e. The van der Waals surface area contributed by atoms with Crippen LogP contribution in [0.5, 0.6) is 0 Å². The number of rotatable bonds is 6. The number of carbonyl (C=O) groups excluding carboxylic acids is 1. The summed E-state index contributed by atoms with van der Waals surface area (Å²) in [6.45, 7) is 3.80. The van der Waals surface area contributed by atoms with Crippen molar-refractivity contribution in [1.82, 2.24) is 0 Å². The van der Waals surface area contributed by atoms with Gasteiger partial charge in [-0.2, -0.15) is 8.42 Å². The van der Waals surface area contributed by atoms with Crippen LogP contribution in [0.2, 0.25) is 0 Å². The van der Waals surface area contributed by atoms with E-state index in [1.54, 1.807) is 24.3 Å². The van der Waals surface area contributed by atoms with Crippen LogP contribution < -0.4 is 18.9 Å². The molecular formula is C14H21LiO5S. The van der Waals surface area contributed by atoms with Gasteiger partial charge in [0.05, 0.1) is 17.9 Å². The number of hydrogen-bond acceptors (Lipinski definition) is 4. The molecule has 0 spiro atoms. The summed E-state index contributed by atoms with van der Waals surface area (Å²) in [5.74, 6) is -0.277. The Kier molecular flexibility index (Phi) is 8.27. The Morgan fingerprint density at radius 1 is 1.29 bits per heavy atom. The van der Waals surface area contributed by atoms with Gasteiger partial charge in [-0.1, -0.05) is 26.0 Å². The first-order chi connectivity index (χ1) is 9.24. The minimum absolute atomic E-state index is 0. The molecule has 0 radical (unpaired) electrons. The summed E-state index contributed by atoms with van der Waals surface area (Å²) in [5, 5.41) is -0.827. The van der Waals surface area contributed by atoms with E-state index < -0.39 is 21.3 Å². The molecule has 1 aromatic carbocycles. The van der Waals surface area contributed by atoms with Gasteiger partial charge in [-0.05, 0) is 36.5 Å². The molecule has 1 rings (SSSR count). The molecule has 7 heteroatoms. The van der Waals surface area contributed by atoms with Crippen molar-refractivity contribution in [2.45, 2.75) is 31.9 Å². The summed E-state index contributed by atoms with van der Waals surface area (Å²) >= 11 is 0. The van der Waals surface area contributed by atoms with Crippen molar-refractivity contribution in [1.29, 1.82) is 0 Å². The molecule has 0 aromatic heterocycles. The van der Waals surface area contributed by atoms with Crippen molar-refractivity contribution in [3.05, 3.63) is 35.4 Å². The predicted molar refractivity (Wildman–Crippen MR) is 77.4 cm³/mol. The molecule has 1 atom stereocenters. The first-order valence-electron chi connectivity index (χ1n) is 6.37. The first kappa shape index (κ1) is 20.2. The van der Waals surface area contributed by atoms with E-state index in [9.17, 15) is 17.8 Å². The Hall–Kier alpha value is -0.803. The van der Waals surface area contributed by atoms with Gasteiger partial charge in [-0.15, -0.1) is 0 Å². The van der Waals surface area contributed by atoms with Gasteiger partial charge in [-0.3, -0.25) is 4.55 Å². The molecule has 0 fully saturated rings. The summed E-state index contributed by atoms with van der Waals surface area (Å²) in [6, 6.07) is 6.50. The van der Waals surface area contributed by atoms with E-state index in [1.165, 1.54) is 7.11 Å². The fourth-order valence-corrected chi connectivity index (χ4v) is 3.02. The number of hydrogen-bond donors (Lipinski definition) is 1. The second-order valence-electron chi connectivity index (χ2n) is 5.16. The van der Waals surface area contributed by atoms with Crippen LogP contribution in [-0.4, -0.2) is 31.3 Å². The van der Waals surface area contributed by atoms with Gasteiger partial charge in [0.15, 0.2) is 0 Å². The van der Waals surface area contributed by atoms with Crippen molar-refractivity contribution in [3.8, 4) is 0 Å². The number of methoxy groups -OCH3 is 1. The second kappa shape index (κ2) is 8.59. The maximum atomic E-state index is 11.4. The van der Waals surface area contributed by atoms with Gasteiger partial charge in [0.1, 0.15) is 0 Å². The molecule has 0 heterocycles. The number of ether oxygens (including phenoxy) is 1. The van der Waals surface area contributed by atoms with E-state index >= 15 is 0 Å². The quantitative estimate of drug-likeness (QED) is 0.433. The fraction of sp³-hybridized carbons (Fsp3) is 0.500. The zero-order valence-corrected chi connectivity index (χ0v) is 13.7. The standard InChI is InChI=1S/C14H20O5S.Li.H/c1-10(2)8-13(20(16,17)18)9-11-4-6-12(7-5-11)14(15)19-3;;/h4-7,10,13H,8-9H2,1-3H3,(H,16,17,18);;/q;+1;-1. The zero-order valence-electron chi connectivity index (χ0n) is 13.9. The van der Waals surface area contributed by atoms with Crippen LogP contribution >= 0.6 is 0 Å². The summed E-state index contributed by atoms with van der Waals surface area (Å²) in [5.41, 5.74) is 1.16. The van der Waals surface area contributed by atoms with Gasteiger partial charge in [0.25, 0.3) is 10.1 Å². The van der Waals surface area contributed by atoms with Crippen LogP contribution in [0.4, 0.5) is 0 Å². The normalized spacial score (nSPS) is 12.6. The average molecular weight is 308 g/mol. The molecule has 1 aromatic rings. The third-order valence-corrected chi connectivity index (χ3v) is 4.20. The molecule has 0 amide bonds. The van der Waals surface area contributed by atoms with Gasteiger partial charge < -0.3 is 6.16 Å². The van der Waals surface area contributed by atoms with Crippen molar-refractivity contribution in [2.24, 2.45) is 5.92 Å². The molecule has 114 valence electrons. The molecule has 0 saturated heterocycles. The SMILES string of the molecule is COC(=O)c1ccc(CC(CC(C)C)S(=O)(=O)O)cc1.[H-].[Li+]. The Labute approximate surface area is 139 Å². The van der Waals surface area contributed by atoms with Gasteiger partial charge in [-0.25, -0.2) is 4.79 Å². The van der Waals surface area contributed by atoms with Crippen LogP contribution in [0.3, 0.4) is 0 Å². The monoisotopic (exact) mass is 308 g/mol. The van der Waals surface area contributed by atoms with E-state index in [4.69, 9.17) is 0 Å². The van der Waals surface area contributed by atoms with Crippen LogP contribution in [0.15, 0.2) is 24.3 Å². The number of benzene rings is 1.